The summed E-state index contributed by atoms with van der Waals surface area (Å²) in [5.74, 6) is 0.814. The van der Waals surface area contributed by atoms with Gasteiger partial charge in [-0.2, -0.15) is 0 Å². The van der Waals surface area contributed by atoms with Crippen molar-refractivity contribution in [2.24, 2.45) is 11.3 Å². The Balaban J connectivity index is 1.99. The molecule has 3 heteroatoms. The van der Waals surface area contributed by atoms with Gasteiger partial charge in [-0.1, -0.05) is 6.42 Å². The maximum Gasteiger partial charge on any atom is 0.0558 e. The molecule has 1 aliphatic heterocycles. The molecular weight excluding hydrogens is 178 g/mol. The van der Waals surface area contributed by atoms with Gasteiger partial charge in [0.15, 0.2) is 0 Å². The number of fused-ring (bicyclic) bond motifs is 1. The van der Waals surface area contributed by atoms with Crippen molar-refractivity contribution in [1.82, 2.24) is 4.90 Å². The fraction of sp³-hybridized carbons (Fsp3) is 1.00. The van der Waals surface area contributed by atoms with Crippen LogP contribution in [0.15, 0.2) is 0 Å². The number of likely N-dealkylation sites (tertiary alicyclic amines) is 1. The van der Waals surface area contributed by atoms with Crippen molar-refractivity contribution in [2.75, 3.05) is 40.0 Å². The van der Waals surface area contributed by atoms with Gasteiger partial charge in [-0.25, -0.2) is 0 Å². The maximum absolute atomic E-state index is 8.93. The highest BCUT2D eigenvalue weighted by Crippen LogP contribution is 2.48. The number of nitrogens with zero attached hydrogens (tertiary/aromatic N) is 1. The molecule has 0 aromatic rings. The van der Waals surface area contributed by atoms with E-state index in [0.717, 1.165) is 25.6 Å². The molecule has 1 N–H and O–H groups in total. The molecule has 82 valence electrons. The van der Waals surface area contributed by atoms with E-state index in [1.807, 2.05) is 0 Å². The largest absolute Gasteiger partial charge is 0.395 e. The number of aliphatic hydroxyl groups is 1. The first-order chi connectivity index (χ1) is 6.80. The summed E-state index contributed by atoms with van der Waals surface area (Å²) >= 11 is 0. The minimum absolute atomic E-state index is 0.287. The van der Waals surface area contributed by atoms with Gasteiger partial charge < -0.3 is 14.7 Å². The molecule has 0 aromatic heterocycles. The highest BCUT2D eigenvalue weighted by Gasteiger charge is 2.48. The third-order valence-electron chi connectivity index (χ3n) is 3.96. The third-order valence-corrected chi connectivity index (χ3v) is 3.96. The lowest BCUT2D eigenvalue weighted by molar-refractivity contribution is 0.0691. The van der Waals surface area contributed by atoms with E-state index in [1.54, 1.807) is 7.11 Å². The first-order valence-electron chi connectivity index (χ1n) is 5.63. The van der Waals surface area contributed by atoms with E-state index in [0.29, 0.717) is 5.41 Å². The number of β-amino-alcohol motifs (C(OH)–C–C–N with tert-alkyl or cyclic N) is 1. The monoisotopic (exact) mass is 199 g/mol. The molecule has 0 bridgehead atoms. The lowest BCUT2D eigenvalue weighted by Gasteiger charge is -2.27. The summed E-state index contributed by atoms with van der Waals surface area (Å²) in [4.78, 5) is 2.39. The topological polar surface area (TPSA) is 32.7 Å². The molecule has 1 saturated carbocycles. The van der Waals surface area contributed by atoms with Crippen LogP contribution in [0.5, 0.6) is 0 Å². The quantitative estimate of drug-likeness (QED) is 0.724. The minimum Gasteiger partial charge on any atom is -0.395 e. The maximum atomic E-state index is 8.93. The van der Waals surface area contributed by atoms with Gasteiger partial charge in [0.25, 0.3) is 0 Å². The zero-order valence-electron chi connectivity index (χ0n) is 9.04. The Kier molecular flexibility index (Phi) is 3.10. The molecule has 3 nitrogen and oxygen atoms in total. The predicted molar refractivity (Wildman–Crippen MR) is 55.2 cm³/mol. The second kappa shape index (κ2) is 4.17. The Labute approximate surface area is 86.0 Å². The van der Waals surface area contributed by atoms with E-state index in [2.05, 4.69) is 4.90 Å². The van der Waals surface area contributed by atoms with Crippen molar-refractivity contribution in [3.05, 3.63) is 0 Å². The van der Waals surface area contributed by atoms with Gasteiger partial charge in [0.1, 0.15) is 0 Å². The van der Waals surface area contributed by atoms with Gasteiger partial charge in [0, 0.05) is 32.2 Å². The minimum atomic E-state index is 0.287. The first-order valence-corrected chi connectivity index (χ1v) is 5.63. The molecule has 2 aliphatic rings. The summed E-state index contributed by atoms with van der Waals surface area (Å²) in [5.41, 5.74) is 0.421. The average molecular weight is 199 g/mol. The summed E-state index contributed by atoms with van der Waals surface area (Å²) in [6, 6.07) is 0. The van der Waals surface area contributed by atoms with Crippen LogP contribution in [0.4, 0.5) is 0 Å². The first kappa shape index (κ1) is 10.4. The van der Waals surface area contributed by atoms with Crippen LogP contribution in [0.25, 0.3) is 0 Å². The second-order valence-corrected chi connectivity index (χ2v) is 4.84. The molecule has 14 heavy (non-hydrogen) atoms. The Hall–Kier alpha value is -0.120. The average Bonchev–Trinajstić information content (AvgIpc) is 2.61. The predicted octanol–water partition coefficient (Wildman–Crippen LogP) is 0.727. The summed E-state index contributed by atoms with van der Waals surface area (Å²) in [6.45, 7) is 4.33. The van der Waals surface area contributed by atoms with Crippen molar-refractivity contribution >= 4 is 0 Å². The SMILES string of the molecule is COC[C@@]12CCC[C@H]1CN(CCO)C2. The van der Waals surface area contributed by atoms with Gasteiger partial charge in [0.05, 0.1) is 13.2 Å². The second-order valence-electron chi connectivity index (χ2n) is 4.84. The Morgan fingerprint density at radius 3 is 3.14 bits per heavy atom. The Morgan fingerprint density at radius 2 is 2.43 bits per heavy atom. The highest BCUT2D eigenvalue weighted by molar-refractivity contribution is 5.00. The normalized spacial score (nSPS) is 37.7. The van der Waals surface area contributed by atoms with Gasteiger partial charge in [-0.05, 0) is 18.8 Å². The lowest BCUT2D eigenvalue weighted by Crippen LogP contribution is -2.32. The molecule has 1 aliphatic carbocycles. The summed E-state index contributed by atoms with van der Waals surface area (Å²) in [6.07, 6.45) is 4.03. The van der Waals surface area contributed by atoms with Crippen molar-refractivity contribution in [1.29, 1.82) is 0 Å². The zero-order valence-corrected chi connectivity index (χ0v) is 9.04. The molecule has 2 atom stereocenters. The van der Waals surface area contributed by atoms with Gasteiger partial charge >= 0.3 is 0 Å². The molecular formula is C11H21NO2. The fourth-order valence-electron chi connectivity index (χ4n) is 3.36. The molecule has 0 unspecified atom stereocenters. The molecule has 2 fully saturated rings. The van der Waals surface area contributed by atoms with Gasteiger partial charge in [-0.15, -0.1) is 0 Å². The molecule has 1 heterocycles. The highest BCUT2D eigenvalue weighted by atomic mass is 16.5. The Bertz CT molecular complexity index is 198. The van der Waals surface area contributed by atoms with Crippen LogP contribution in [0.2, 0.25) is 0 Å². The molecule has 2 rings (SSSR count). The van der Waals surface area contributed by atoms with E-state index in [4.69, 9.17) is 9.84 Å². The summed E-state index contributed by atoms with van der Waals surface area (Å²) in [5, 5.41) is 8.93. The lowest BCUT2D eigenvalue weighted by atomic mass is 9.82. The van der Waals surface area contributed by atoms with E-state index in [9.17, 15) is 0 Å². The van der Waals surface area contributed by atoms with Crippen LogP contribution < -0.4 is 0 Å². The van der Waals surface area contributed by atoms with Crippen LogP contribution in [0.1, 0.15) is 19.3 Å². The van der Waals surface area contributed by atoms with Crippen molar-refractivity contribution in [3.8, 4) is 0 Å². The van der Waals surface area contributed by atoms with Crippen LogP contribution in [-0.2, 0) is 4.74 Å². The van der Waals surface area contributed by atoms with Crippen molar-refractivity contribution < 1.29 is 9.84 Å². The van der Waals surface area contributed by atoms with Gasteiger partial charge in [0.2, 0.25) is 0 Å². The van der Waals surface area contributed by atoms with E-state index < -0.39 is 0 Å². The number of rotatable bonds is 4. The number of hydrogen-bond acceptors (Lipinski definition) is 3. The fourth-order valence-corrected chi connectivity index (χ4v) is 3.36. The summed E-state index contributed by atoms with van der Waals surface area (Å²) < 4.78 is 5.37. The Morgan fingerprint density at radius 1 is 1.57 bits per heavy atom. The summed E-state index contributed by atoms with van der Waals surface area (Å²) in [7, 11) is 1.80. The molecule has 0 spiro atoms. The van der Waals surface area contributed by atoms with E-state index in [-0.39, 0.29) is 6.61 Å². The number of aliphatic hydroxyl groups excluding tert-OH is 1. The smallest absolute Gasteiger partial charge is 0.0558 e. The van der Waals surface area contributed by atoms with Crippen molar-refractivity contribution in [3.63, 3.8) is 0 Å². The van der Waals surface area contributed by atoms with Crippen LogP contribution >= 0.6 is 0 Å². The molecule has 0 amide bonds. The van der Waals surface area contributed by atoms with Crippen LogP contribution in [-0.4, -0.2) is 50.0 Å². The van der Waals surface area contributed by atoms with Crippen LogP contribution in [0, 0.1) is 11.3 Å². The number of methoxy groups -OCH3 is 1. The van der Waals surface area contributed by atoms with Crippen LogP contribution in [0.3, 0.4) is 0 Å². The molecule has 0 aromatic carbocycles. The number of ether oxygens (including phenoxy) is 1. The van der Waals surface area contributed by atoms with E-state index >= 15 is 0 Å². The van der Waals surface area contributed by atoms with Crippen molar-refractivity contribution in [2.45, 2.75) is 19.3 Å². The standard InChI is InChI=1S/C11H21NO2/c1-14-9-11-4-2-3-10(11)7-12(8-11)5-6-13/h10,13H,2-9H2,1H3/t10-,11-/m0/s1. The van der Waals surface area contributed by atoms with E-state index in [1.165, 1.54) is 25.8 Å². The number of hydrogen-bond donors (Lipinski definition) is 1. The van der Waals surface area contributed by atoms with Gasteiger partial charge in [-0.3, -0.25) is 0 Å². The molecule has 1 saturated heterocycles. The third kappa shape index (κ3) is 1.69. The molecule has 0 radical (unpaired) electrons. The zero-order chi connectivity index (χ0) is 10.0.